The van der Waals surface area contributed by atoms with Gasteiger partial charge < -0.3 is 9.47 Å². The molecule has 1 aromatic heterocycles. The van der Waals surface area contributed by atoms with Crippen molar-refractivity contribution < 1.29 is 22.7 Å². The molecule has 2 unspecified atom stereocenters. The number of carbonyl (C=O) groups excluding carboxylic acids is 1. The number of nitrogens with zero attached hydrogens (tertiary/aromatic N) is 2. The molecule has 1 aliphatic rings. The van der Waals surface area contributed by atoms with Gasteiger partial charge in [0.1, 0.15) is 18.0 Å². The molecular formula is C29H36N2O5S. The van der Waals surface area contributed by atoms with Crippen molar-refractivity contribution in [3.63, 3.8) is 0 Å². The first-order valence-corrected chi connectivity index (χ1v) is 14.2. The van der Waals surface area contributed by atoms with Crippen molar-refractivity contribution >= 4 is 26.9 Å². The fourth-order valence-corrected chi connectivity index (χ4v) is 6.35. The van der Waals surface area contributed by atoms with Crippen LogP contribution < -0.4 is 4.74 Å². The lowest BCUT2D eigenvalue weighted by molar-refractivity contribution is -0.162. The summed E-state index contributed by atoms with van der Waals surface area (Å²) in [5.41, 5.74) is 2.23. The Bertz CT molecular complexity index is 1360. The summed E-state index contributed by atoms with van der Waals surface area (Å²) in [6, 6.07) is 15.9. The fraction of sp³-hybridized carbons (Fsp3) is 0.448. The van der Waals surface area contributed by atoms with Crippen molar-refractivity contribution in [2.75, 3.05) is 7.05 Å². The number of hydrogen-bond acceptors (Lipinski definition) is 6. The minimum absolute atomic E-state index is 0.168. The average molecular weight is 525 g/mol. The summed E-state index contributed by atoms with van der Waals surface area (Å²) in [7, 11) is -2.25. The molecule has 3 aromatic rings. The highest BCUT2D eigenvalue weighted by atomic mass is 32.2. The number of rotatable bonds is 7. The molecule has 0 amide bonds. The third-order valence-electron chi connectivity index (χ3n) is 6.73. The van der Waals surface area contributed by atoms with E-state index in [4.69, 9.17) is 9.47 Å². The van der Waals surface area contributed by atoms with Gasteiger partial charge in [0.2, 0.25) is 10.0 Å². The van der Waals surface area contributed by atoms with E-state index < -0.39 is 27.6 Å². The van der Waals surface area contributed by atoms with Crippen LogP contribution in [0.4, 0.5) is 0 Å². The number of esters is 1. The lowest BCUT2D eigenvalue weighted by atomic mass is 9.84. The number of sulfonamides is 1. The third-order valence-corrected chi connectivity index (χ3v) is 8.63. The van der Waals surface area contributed by atoms with Gasteiger partial charge in [-0.25, -0.2) is 8.42 Å². The summed E-state index contributed by atoms with van der Waals surface area (Å²) in [6.07, 6.45) is 3.00. The average Bonchev–Trinajstić information content (AvgIpc) is 2.86. The maximum Gasteiger partial charge on any atom is 0.311 e. The number of para-hydroxylation sites is 1. The highest BCUT2D eigenvalue weighted by Crippen LogP contribution is 2.33. The number of fused-ring (bicyclic) bond motifs is 1. The lowest BCUT2D eigenvalue weighted by Crippen LogP contribution is -2.47. The maximum absolute atomic E-state index is 13.5. The second-order valence-corrected chi connectivity index (χ2v) is 12.7. The van der Waals surface area contributed by atoms with Gasteiger partial charge in [-0.2, -0.15) is 4.31 Å². The van der Waals surface area contributed by atoms with Crippen LogP contribution in [0.5, 0.6) is 5.75 Å². The number of benzene rings is 2. The lowest BCUT2D eigenvalue weighted by Gasteiger charge is -2.37. The number of aryl methyl sites for hydroxylation is 1. The minimum atomic E-state index is -3.81. The minimum Gasteiger partial charge on any atom is -0.489 e. The molecule has 0 aliphatic heterocycles. The van der Waals surface area contributed by atoms with Crippen molar-refractivity contribution in [2.24, 2.45) is 5.92 Å². The first kappa shape index (κ1) is 27.1. The number of aromatic nitrogens is 1. The van der Waals surface area contributed by atoms with Crippen molar-refractivity contribution in [1.82, 2.24) is 9.29 Å². The van der Waals surface area contributed by atoms with E-state index in [1.807, 2.05) is 58.0 Å². The van der Waals surface area contributed by atoms with Gasteiger partial charge in [-0.3, -0.25) is 9.78 Å². The zero-order chi connectivity index (χ0) is 26.8. The molecule has 2 atom stereocenters. The van der Waals surface area contributed by atoms with Crippen molar-refractivity contribution in [2.45, 2.75) is 76.5 Å². The number of ether oxygens (including phenoxy) is 2. The molecule has 0 saturated heterocycles. The highest BCUT2D eigenvalue weighted by Gasteiger charge is 2.40. The Balaban J connectivity index is 1.48. The monoisotopic (exact) mass is 524 g/mol. The molecular weight excluding hydrogens is 488 g/mol. The van der Waals surface area contributed by atoms with Gasteiger partial charge in [0.15, 0.2) is 0 Å². The van der Waals surface area contributed by atoms with Gasteiger partial charge in [-0.1, -0.05) is 31.0 Å². The Labute approximate surface area is 219 Å². The van der Waals surface area contributed by atoms with Gasteiger partial charge in [0.25, 0.3) is 0 Å². The normalized spacial score (nSPS) is 18.6. The van der Waals surface area contributed by atoms with E-state index in [0.29, 0.717) is 25.2 Å². The molecule has 2 aromatic carbocycles. The van der Waals surface area contributed by atoms with E-state index in [2.05, 4.69) is 4.98 Å². The molecule has 1 fully saturated rings. The van der Waals surface area contributed by atoms with Gasteiger partial charge in [0.05, 0.1) is 16.3 Å². The Morgan fingerprint density at radius 1 is 1.05 bits per heavy atom. The smallest absolute Gasteiger partial charge is 0.311 e. The van der Waals surface area contributed by atoms with Crippen LogP contribution in [0, 0.1) is 12.8 Å². The maximum atomic E-state index is 13.5. The van der Waals surface area contributed by atoms with Gasteiger partial charge in [0, 0.05) is 29.7 Å². The van der Waals surface area contributed by atoms with E-state index in [1.54, 1.807) is 31.3 Å². The Morgan fingerprint density at radius 3 is 2.43 bits per heavy atom. The zero-order valence-electron chi connectivity index (χ0n) is 22.2. The molecule has 1 aliphatic carbocycles. The number of pyridine rings is 1. The van der Waals surface area contributed by atoms with Crippen LogP contribution in [0.25, 0.3) is 10.9 Å². The summed E-state index contributed by atoms with van der Waals surface area (Å²) in [4.78, 5) is 17.6. The van der Waals surface area contributed by atoms with Crippen LogP contribution in [0.1, 0.15) is 57.7 Å². The van der Waals surface area contributed by atoms with Crippen LogP contribution in [0.15, 0.2) is 59.5 Å². The van der Waals surface area contributed by atoms with Gasteiger partial charge >= 0.3 is 5.97 Å². The molecule has 198 valence electrons. The van der Waals surface area contributed by atoms with Crippen molar-refractivity contribution in [3.8, 4) is 5.75 Å². The van der Waals surface area contributed by atoms with E-state index in [1.165, 1.54) is 4.31 Å². The largest absolute Gasteiger partial charge is 0.489 e. The van der Waals surface area contributed by atoms with Gasteiger partial charge in [-0.15, -0.1) is 0 Å². The summed E-state index contributed by atoms with van der Waals surface area (Å²) in [5, 5.41) is 1.03. The predicted molar refractivity (Wildman–Crippen MR) is 144 cm³/mol. The summed E-state index contributed by atoms with van der Waals surface area (Å²) in [5.74, 6) is -0.236. The van der Waals surface area contributed by atoms with E-state index in [-0.39, 0.29) is 10.9 Å². The quantitative estimate of drug-likeness (QED) is 0.372. The molecule has 37 heavy (non-hydrogen) atoms. The fourth-order valence-electron chi connectivity index (χ4n) is 4.93. The predicted octanol–water partition coefficient (Wildman–Crippen LogP) is 5.64. The number of carbonyl (C=O) groups is 1. The second-order valence-electron chi connectivity index (χ2n) is 10.7. The molecule has 7 nitrogen and oxygen atoms in total. The standard InChI is InChI=1S/C29H36N2O5S/c1-20-18-21(24-10-6-8-12-26(24)30-20)19-35-22-14-16-23(17-15-22)37(33,34)31(5)27-13-9-7-11-25(27)28(32)36-29(2,3)4/h6,8,10,12,14-18,25,27H,7,9,11,13,19H2,1-5H3. The van der Waals surface area contributed by atoms with E-state index >= 15 is 0 Å². The molecule has 0 N–H and O–H groups in total. The molecule has 4 rings (SSSR count). The summed E-state index contributed by atoms with van der Waals surface area (Å²) < 4.78 is 39.9. The molecule has 8 heteroatoms. The van der Waals surface area contributed by atoms with Gasteiger partial charge in [-0.05, 0) is 76.9 Å². The topological polar surface area (TPSA) is 85.8 Å². The highest BCUT2D eigenvalue weighted by molar-refractivity contribution is 7.89. The van der Waals surface area contributed by atoms with E-state index in [0.717, 1.165) is 35.0 Å². The Kier molecular flexibility index (Phi) is 7.90. The first-order valence-electron chi connectivity index (χ1n) is 12.7. The SMILES string of the molecule is Cc1cc(COc2ccc(S(=O)(=O)N(C)C3CCCCC3C(=O)OC(C)(C)C)cc2)c2ccccc2n1. The molecule has 0 spiro atoms. The third kappa shape index (κ3) is 6.30. The summed E-state index contributed by atoms with van der Waals surface area (Å²) >= 11 is 0. The second kappa shape index (κ2) is 10.8. The molecule has 0 radical (unpaired) electrons. The van der Waals surface area contributed by atoms with Crippen LogP contribution >= 0.6 is 0 Å². The van der Waals surface area contributed by atoms with Crippen LogP contribution in [0.3, 0.4) is 0 Å². The zero-order valence-corrected chi connectivity index (χ0v) is 23.0. The Morgan fingerprint density at radius 2 is 1.73 bits per heavy atom. The molecule has 1 saturated carbocycles. The summed E-state index contributed by atoms with van der Waals surface area (Å²) in [6.45, 7) is 7.77. The molecule has 0 bridgehead atoms. The Hall–Kier alpha value is -2.97. The first-order chi connectivity index (χ1) is 17.5. The van der Waals surface area contributed by atoms with Crippen LogP contribution in [-0.2, 0) is 26.2 Å². The van der Waals surface area contributed by atoms with Crippen LogP contribution in [0.2, 0.25) is 0 Å². The molecule has 1 heterocycles. The van der Waals surface area contributed by atoms with E-state index in [9.17, 15) is 13.2 Å². The van der Waals surface area contributed by atoms with Crippen molar-refractivity contribution in [1.29, 1.82) is 0 Å². The van der Waals surface area contributed by atoms with Crippen molar-refractivity contribution in [3.05, 3.63) is 65.9 Å². The van der Waals surface area contributed by atoms with Crippen LogP contribution in [-0.4, -0.2) is 42.4 Å². The number of hydrogen-bond donors (Lipinski definition) is 0.